The Kier molecular flexibility index (Phi) is 10.4. The Hall–Kier alpha value is -3.11. The van der Waals surface area contributed by atoms with Gasteiger partial charge < -0.3 is 9.97 Å². The van der Waals surface area contributed by atoms with Crippen molar-refractivity contribution in [3.8, 4) is 0 Å². The monoisotopic (exact) mass is 582 g/mol. The second kappa shape index (κ2) is 14.4. The molecule has 222 valence electrons. The van der Waals surface area contributed by atoms with E-state index in [-0.39, 0.29) is 0 Å². The van der Waals surface area contributed by atoms with Crippen molar-refractivity contribution in [3.05, 3.63) is 68.8 Å². The Balaban J connectivity index is 1.93. The zero-order valence-corrected chi connectivity index (χ0v) is 26.8. The first kappa shape index (κ1) is 30.4. The van der Waals surface area contributed by atoms with Gasteiger partial charge in [0.15, 0.2) is 0 Å². The standard InChI is InChI=1S/C37H47ClN4/c1-5-9-13-26-30-17-18-31(39-30)27(14-10-6-2)33-21-22-35(41-33)29(16-12-8-4)37-25(24-38)23-36(42-37)28(15-11-7-3)34-20-19-32(26)40-34/h17-23,41-42H,5-16,24H2,1-4H3. The molecule has 3 aromatic heterocycles. The number of aryl methyl sites for hydroxylation is 3. The van der Waals surface area contributed by atoms with E-state index in [1.807, 2.05) is 0 Å². The highest BCUT2D eigenvalue weighted by Gasteiger charge is 2.17. The average molecular weight is 583 g/mol. The fourth-order valence-corrected chi connectivity index (χ4v) is 6.39. The highest BCUT2D eigenvalue weighted by Crippen LogP contribution is 2.31. The summed E-state index contributed by atoms with van der Waals surface area (Å²) in [6.07, 6.45) is 21.8. The maximum Gasteiger partial charge on any atom is 0.0691 e. The Morgan fingerprint density at radius 1 is 0.548 bits per heavy atom. The molecule has 4 nitrogen and oxygen atoms in total. The van der Waals surface area contributed by atoms with Crippen LogP contribution in [0.4, 0.5) is 0 Å². The van der Waals surface area contributed by atoms with Crippen LogP contribution in [0.3, 0.4) is 0 Å². The molecule has 0 saturated carbocycles. The van der Waals surface area contributed by atoms with Gasteiger partial charge in [-0.3, -0.25) is 0 Å². The molecule has 0 radical (unpaired) electrons. The molecule has 2 N–H and O–H groups in total. The van der Waals surface area contributed by atoms with Crippen LogP contribution in [-0.2, 0) is 31.6 Å². The molecular formula is C37H47ClN4. The van der Waals surface area contributed by atoms with Gasteiger partial charge in [-0.1, -0.05) is 53.4 Å². The van der Waals surface area contributed by atoms with Crippen LogP contribution in [0.2, 0.25) is 0 Å². The summed E-state index contributed by atoms with van der Waals surface area (Å²) < 4.78 is 0. The third-order valence-electron chi connectivity index (χ3n) is 8.64. The maximum atomic E-state index is 6.64. The number of unbranched alkanes of at least 4 members (excludes halogenated alkanes) is 4. The van der Waals surface area contributed by atoms with Crippen LogP contribution in [0.15, 0.2) is 18.2 Å². The van der Waals surface area contributed by atoms with Gasteiger partial charge in [0.05, 0.1) is 22.8 Å². The van der Waals surface area contributed by atoms with E-state index in [2.05, 4.69) is 80.2 Å². The van der Waals surface area contributed by atoms with Gasteiger partial charge in [-0.2, -0.15) is 0 Å². The Morgan fingerprint density at radius 2 is 0.976 bits per heavy atom. The van der Waals surface area contributed by atoms with E-state index >= 15 is 0 Å². The van der Waals surface area contributed by atoms with Gasteiger partial charge in [0, 0.05) is 44.6 Å². The van der Waals surface area contributed by atoms with Gasteiger partial charge in [0.25, 0.3) is 0 Å². The van der Waals surface area contributed by atoms with Crippen molar-refractivity contribution in [1.82, 2.24) is 19.9 Å². The molecule has 0 fully saturated rings. The summed E-state index contributed by atoms with van der Waals surface area (Å²) in [6.45, 7) is 9.03. The predicted octanol–water partition coefficient (Wildman–Crippen LogP) is 10.8. The van der Waals surface area contributed by atoms with E-state index in [0.29, 0.717) is 5.88 Å². The SMILES string of the molecule is CCCCc1c2nc(c(CCCC)c3ccc([nH]3)c(CCCC)c3[nH]c(cc3CCl)c(CCCC)c3nc1C=C3)C=C2. The van der Waals surface area contributed by atoms with Gasteiger partial charge in [0.1, 0.15) is 0 Å². The predicted molar refractivity (Wildman–Crippen MR) is 183 cm³/mol. The van der Waals surface area contributed by atoms with Crippen LogP contribution in [0.1, 0.15) is 130 Å². The molecule has 8 bridgehead atoms. The van der Waals surface area contributed by atoms with E-state index < -0.39 is 0 Å². The second-order valence-electron chi connectivity index (χ2n) is 11.8. The molecule has 0 unspecified atom stereocenters. The molecule has 0 amide bonds. The van der Waals surface area contributed by atoms with Crippen molar-refractivity contribution in [2.24, 2.45) is 0 Å². The molecule has 42 heavy (non-hydrogen) atoms. The van der Waals surface area contributed by atoms with Crippen LogP contribution in [-0.4, -0.2) is 19.9 Å². The molecule has 0 aromatic carbocycles. The Morgan fingerprint density at radius 3 is 1.48 bits per heavy atom. The first-order valence-corrected chi connectivity index (χ1v) is 16.9. The Labute approximate surface area is 256 Å². The third-order valence-corrected chi connectivity index (χ3v) is 8.93. The van der Waals surface area contributed by atoms with Crippen LogP contribution in [0.5, 0.6) is 0 Å². The number of rotatable bonds is 13. The quantitative estimate of drug-likeness (QED) is 0.136. The second-order valence-corrected chi connectivity index (χ2v) is 12.0. The summed E-state index contributed by atoms with van der Waals surface area (Å²) in [5.74, 6) is 0.471. The normalized spacial score (nSPS) is 12.5. The van der Waals surface area contributed by atoms with Gasteiger partial charge in [-0.05, 0) is 105 Å². The summed E-state index contributed by atoms with van der Waals surface area (Å²) in [5, 5.41) is 0. The van der Waals surface area contributed by atoms with Crippen molar-refractivity contribution in [3.63, 3.8) is 0 Å². The molecule has 0 spiro atoms. The van der Waals surface area contributed by atoms with E-state index in [0.717, 1.165) is 116 Å². The van der Waals surface area contributed by atoms with E-state index in [4.69, 9.17) is 21.6 Å². The number of alkyl halides is 1. The lowest BCUT2D eigenvalue weighted by molar-refractivity contribution is 0.785. The van der Waals surface area contributed by atoms with Crippen LogP contribution in [0, 0.1) is 0 Å². The van der Waals surface area contributed by atoms with Crippen molar-refractivity contribution in [2.75, 3.05) is 0 Å². The smallest absolute Gasteiger partial charge is 0.0691 e. The summed E-state index contributed by atoms with van der Waals surface area (Å²) in [6, 6.07) is 6.80. The number of halogens is 1. The largest absolute Gasteiger partial charge is 0.355 e. The fraction of sp³-hybridized carbons (Fsp3) is 0.459. The van der Waals surface area contributed by atoms with Gasteiger partial charge in [0.2, 0.25) is 0 Å². The van der Waals surface area contributed by atoms with Crippen molar-refractivity contribution in [1.29, 1.82) is 0 Å². The number of nitrogens with one attached hydrogen (secondary N) is 2. The van der Waals surface area contributed by atoms with E-state index in [1.165, 1.54) is 33.3 Å². The van der Waals surface area contributed by atoms with Gasteiger partial charge in [-0.15, -0.1) is 11.6 Å². The molecule has 2 aliphatic heterocycles. The lowest BCUT2D eigenvalue weighted by Crippen LogP contribution is -1.96. The third kappa shape index (κ3) is 6.44. The first-order valence-electron chi connectivity index (χ1n) is 16.3. The zero-order valence-electron chi connectivity index (χ0n) is 26.0. The average Bonchev–Trinajstić information content (AvgIpc) is 3.82. The minimum absolute atomic E-state index is 0.471. The highest BCUT2D eigenvalue weighted by molar-refractivity contribution is 6.17. The molecule has 0 saturated heterocycles. The molecule has 0 aliphatic carbocycles. The van der Waals surface area contributed by atoms with Crippen LogP contribution < -0.4 is 0 Å². The van der Waals surface area contributed by atoms with Crippen molar-refractivity contribution in [2.45, 2.75) is 111 Å². The topological polar surface area (TPSA) is 57.4 Å². The summed E-state index contributed by atoms with van der Waals surface area (Å²) in [7, 11) is 0. The number of nitrogens with zero attached hydrogens (tertiary/aromatic N) is 2. The molecule has 2 aliphatic rings. The maximum absolute atomic E-state index is 6.64. The molecule has 5 heterocycles. The lowest BCUT2D eigenvalue weighted by atomic mass is 10.0. The van der Waals surface area contributed by atoms with Crippen molar-refractivity contribution >= 4 is 58.0 Å². The number of aromatic amines is 2. The number of hydrogen-bond donors (Lipinski definition) is 2. The number of H-pyrrole nitrogens is 2. The fourth-order valence-electron chi connectivity index (χ4n) is 6.18. The highest BCUT2D eigenvalue weighted by atomic mass is 35.5. The lowest BCUT2D eigenvalue weighted by Gasteiger charge is -2.06. The zero-order chi connectivity index (χ0) is 29.5. The van der Waals surface area contributed by atoms with E-state index in [9.17, 15) is 0 Å². The van der Waals surface area contributed by atoms with Crippen molar-refractivity contribution < 1.29 is 0 Å². The summed E-state index contributed by atoms with van der Waals surface area (Å²) >= 11 is 6.64. The molecule has 5 heteroatoms. The van der Waals surface area contributed by atoms with Crippen LogP contribution >= 0.6 is 11.6 Å². The summed E-state index contributed by atoms with van der Waals surface area (Å²) in [4.78, 5) is 18.3. The minimum Gasteiger partial charge on any atom is -0.355 e. The first-order chi connectivity index (χ1) is 20.6. The molecular weight excluding hydrogens is 536 g/mol. The van der Waals surface area contributed by atoms with Gasteiger partial charge >= 0.3 is 0 Å². The van der Waals surface area contributed by atoms with E-state index in [1.54, 1.807) is 0 Å². The molecule has 0 atom stereocenters. The van der Waals surface area contributed by atoms with Gasteiger partial charge in [-0.25, -0.2) is 9.97 Å². The molecule has 5 rings (SSSR count). The minimum atomic E-state index is 0.471. The molecule has 3 aromatic rings. The van der Waals surface area contributed by atoms with Crippen LogP contribution in [0.25, 0.3) is 46.4 Å². The summed E-state index contributed by atoms with van der Waals surface area (Å²) in [5.41, 5.74) is 15.2. The number of fused-ring (bicyclic) bond motifs is 8. The number of aromatic nitrogens is 4. The number of hydrogen-bond acceptors (Lipinski definition) is 2. The Bertz CT molecular complexity index is 1620.